The number of nitrogens with zero attached hydrogens (tertiary/aromatic N) is 2. The number of ether oxygens (including phenoxy) is 1. The molecule has 0 aliphatic rings. The molecule has 1 aromatic rings. The largest absolute Gasteiger partial charge is 0.573 e. The molecule has 0 fully saturated rings. The quantitative estimate of drug-likeness (QED) is 0.782. The van der Waals surface area contributed by atoms with E-state index < -0.39 is 36.8 Å². The van der Waals surface area contributed by atoms with Crippen molar-refractivity contribution in [2.45, 2.75) is 11.4 Å². The predicted molar refractivity (Wildman–Crippen MR) is 53.7 cm³/mol. The summed E-state index contributed by atoms with van der Waals surface area (Å²) in [4.78, 5) is 3.11. The molecule has 0 aliphatic carbocycles. The van der Waals surface area contributed by atoms with Gasteiger partial charge < -0.3 is 4.74 Å². The molecule has 0 saturated carbocycles. The topological polar surface area (TPSA) is 80.0 Å². The number of nitriles is 1. The first-order valence-corrected chi connectivity index (χ1v) is 6.54. The number of pyridine rings is 1. The maximum atomic E-state index is 12.0. The van der Waals surface area contributed by atoms with Crippen LogP contribution in [0.2, 0.25) is 5.02 Å². The second-order valence-electron chi connectivity index (χ2n) is 2.71. The van der Waals surface area contributed by atoms with Crippen molar-refractivity contribution in [1.29, 1.82) is 5.26 Å². The number of alkyl halides is 3. The van der Waals surface area contributed by atoms with E-state index in [0.29, 0.717) is 6.20 Å². The molecule has 1 aromatic heterocycles. The summed E-state index contributed by atoms with van der Waals surface area (Å²) < 4.78 is 61.3. The Morgan fingerprint density at radius 1 is 1.44 bits per heavy atom. The number of aromatic nitrogens is 1. The van der Waals surface area contributed by atoms with Gasteiger partial charge in [-0.3, -0.25) is 0 Å². The van der Waals surface area contributed by atoms with Gasteiger partial charge in [0, 0.05) is 10.7 Å². The van der Waals surface area contributed by atoms with E-state index in [1.807, 2.05) is 0 Å². The molecule has 98 valence electrons. The summed E-state index contributed by atoms with van der Waals surface area (Å²) >= 11 is 5.42. The minimum absolute atomic E-state index is 0.409. The Morgan fingerprint density at radius 3 is 2.39 bits per heavy atom. The first kappa shape index (κ1) is 14.8. The Kier molecular flexibility index (Phi) is 3.95. The molecule has 0 spiro atoms. The highest BCUT2D eigenvalue weighted by Crippen LogP contribution is 2.34. The first-order chi connectivity index (χ1) is 8.06. The first-order valence-electron chi connectivity index (χ1n) is 3.85. The molecule has 1 rings (SSSR count). The molecular weight excluding hydrogens is 320 g/mol. The predicted octanol–water partition coefficient (Wildman–Crippen LogP) is 2.43. The number of hydrogen-bond donors (Lipinski definition) is 0. The minimum Gasteiger partial charge on any atom is -0.402 e. The fourth-order valence-electron chi connectivity index (χ4n) is 0.933. The van der Waals surface area contributed by atoms with E-state index in [4.69, 9.17) is 27.5 Å². The van der Waals surface area contributed by atoms with Crippen molar-refractivity contribution in [2.75, 3.05) is 0 Å². The summed E-state index contributed by atoms with van der Waals surface area (Å²) in [7, 11) is 0.526. The molecule has 0 aromatic carbocycles. The minimum atomic E-state index is -5.06. The lowest BCUT2D eigenvalue weighted by molar-refractivity contribution is -0.274. The second kappa shape index (κ2) is 4.79. The Labute approximate surface area is 108 Å². The molecule has 0 radical (unpaired) electrons. The van der Waals surface area contributed by atoms with Crippen molar-refractivity contribution in [3.05, 3.63) is 16.8 Å². The van der Waals surface area contributed by atoms with Crippen LogP contribution in [0.4, 0.5) is 13.2 Å². The molecule has 18 heavy (non-hydrogen) atoms. The Bertz CT molecular complexity index is 624. The summed E-state index contributed by atoms with van der Waals surface area (Å²) in [5.41, 5.74) is -0.826. The fraction of sp³-hybridized carbons (Fsp3) is 0.143. The average molecular weight is 321 g/mol. The zero-order valence-corrected chi connectivity index (χ0v) is 10.3. The number of hydrogen-bond acceptors (Lipinski definition) is 5. The molecule has 5 nitrogen and oxygen atoms in total. The van der Waals surface area contributed by atoms with Crippen molar-refractivity contribution >= 4 is 31.3 Å². The van der Waals surface area contributed by atoms with Crippen LogP contribution >= 0.6 is 22.3 Å². The van der Waals surface area contributed by atoms with E-state index in [9.17, 15) is 21.6 Å². The zero-order chi connectivity index (χ0) is 14.1. The van der Waals surface area contributed by atoms with Crippen LogP contribution in [0, 0.1) is 11.3 Å². The Morgan fingerprint density at radius 2 is 2.00 bits per heavy atom. The molecular formula is C7HCl2F3N2O3S. The lowest BCUT2D eigenvalue weighted by Crippen LogP contribution is -2.18. The van der Waals surface area contributed by atoms with Crippen LogP contribution in [-0.2, 0) is 9.05 Å². The van der Waals surface area contributed by atoms with Crippen molar-refractivity contribution in [1.82, 2.24) is 4.98 Å². The zero-order valence-electron chi connectivity index (χ0n) is 7.99. The molecule has 1 heterocycles. The summed E-state index contributed by atoms with van der Waals surface area (Å²) in [5, 5.41) is 6.87. The van der Waals surface area contributed by atoms with Gasteiger partial charge in [-0.1, -0.05) is 11.6 Å². The molecule has 0 N–H and O–H groups in total. The van der Waals surface area contributed by atoms with Gasteiger partial charge in [0.1, 0.15) is 16.7 Å². The van der Waals surface area contributed by atoms with Crippen molar-refractivity contribution < 1.29 is 26.3 Å². The van der Waals surface area contributed by atoms with Crippen LogP contribution < -0.4 is 4.74 Å². The van der Waals surface area contributed by atoms with Crippen LogP contribution in [0.15, 0.2) is 11.2 Å². The summed E-state index contributed by atoms with van der Waals surface area (Å²) in [5.74, 6) is -0.996. The molecule has 11 heteroatoms. The van der Waals surface area contributed by atoms with Gasteiger partial charge in [-0.05, 0) is 0 Å². The maximum absolute atomic E-state index is 12.0. The number of rotatable bonds is 2. The molecule has 0 unspecified atom stereocenters. The van der Waals surface area contributed by atoms with Gasteiger partial charge in [-0.15, -0.1) is 13.2 Å². The Hall–Kier alpha value is -1.24. The third kappa shape index (κ3) is 3.38. The van der Waals surface area contributed by atoms with E-state index in [-0.39, 0.29) is 0 Å². The smallest absolute Gasteiger partial charge is 0.402 e. The van der Waals surface area contributed by atoms with E-state index in [1.165, 1.54) is 6.07 Å². The van der Waals surface area contributed by atoms with Gasteiger partial charge in [-0.25, -0.2) is 13.4 Å². The van der Waals surface area contributed by atoms with E-state index in [0.717, 1.165) is 0 Å². The van der Waals surface area contributed by atoms with Crippen molar-refractivity contribution in [2.24, 2.45) is 0 Å². The molecule has 0 saturated heterocycles. The van der Waals surface area contributed by atoms with E-state index >= 15 is 0 Å². The Balaban J connectivity index is 3.45. The molecule has 0 amide bonds. The highest BCUT2D eigenvalue weighted by Gasteiger charge is 2.34. The van der Waals surface area contributed by atoms with Crippen LogP contribution in [0.1, 0.15) is 5.56 Å². The highest BCUT2D eigenvalue weighted by atomic mass is 35.7. The average Bonchev–Trinajstić information content (AvgIpc) is 2.17. The third-order valence-corrected chi connectivity index (χ3v) is 3.10. The normalized spacial score (nSPS) is 12.0. The van der Waals surface area contributed by atoms with Crippen LogP contribution in [0.3, 0.4) is 0 Å². The van der Waals surface area contributed by atoms with E-state index in [2.05, 4.69) is 9.72 Å². The fourth-order valence-corrected chi connectivity index (χ4v) is 2.13. The lowest BCUT2D eigenvalue weighted by Gasteiger charge is -2.11. The maximum Gasteiger partial charge on any atom is 0.573 e. The van der Waals surface area contributed by atoms with Crippen molar-refractivity contribution in [3.63, 3.8) is 0 Å². The van der Waals surface area contributed by atoms with Gasteiger partial charge in [0.05, 0.1) is 6.20 Å². The third-order valence-electron chi connectivity index (χ3n) is 1.52. The SMILES string of the molecule is N#Cc1c(S(=O)(=O)Cl)ncc(OC(F)(F)F)c1Cl. The standard InChI is InChI=1S/C7HCl2F3N2O3S/c8-5-3(1-13)6(18(9,15)16)14-2-4(5)17-7(10,11)12/h2H. The molecule has 0 atom stereocenters. The van der Waals surface area contributed by atoms with Crippen LogP contribution in [0.25, 0.3) is 0 Å². The highest BCUT2D eigenvalue weighted by molar-refractivity contribution is 8.13. The van der Waals surface area contributed by atoms with Gasteiger partial charge >= 0.3 is 6.36 Å². The van der Waals surface area contributed by atoms with Crippen LogP contribution in [-0.4, -0.2) is 19.8 Å². The van der Waals surface area contributed by atoms with Gasteiger partial charge in [0.2, 0.25) is 0 Å². The summed E-state index contributed by atoms with van der Waals surface area (Å²) in [6, 6.07) is 1.29. The summed E-state index contributed by atoms with van der Waals surface area (Å²) in [6.07, 6.45) is -4.65. The number of halogens is 5. The van der Waals surface area contributed by atoms with E-state index in [1.54, 1.807) is 0 Å². The molecule has 0 aliphatic heterocycles. The summed E-state index contributed by atoms with van der Waals surface area (Å²) in [6.45, 7) is 0. The van der Waals surface area contributed by atoms with Gasteiger partial charge in [0.25, 0.3) is 9.05 Å². The lowest BCUT2D eigenvalue weighted by atomic mass is 10.3. The van der Waals surface area contributed by atoms with Crippen molar-refractivity contribution in [3.8, 4) is 11.8 Å². The monoisotopic (exact) mass is 320 g/mol. The molecule has 0 bridgehead atoms. The van der Waals surface area contributed by atoms with Crippen LogP contribution in [0.5, 0.6) is 5.75 Å². The van der Waals surface area contributed by atoms with Gasteiger partial charge in [-0.2, -0.15) is 5.26 Å². The van der Waals surface area contributed by atoms with Gasteiger partial charge in [0.15, 0.2) is 10.8 Å². The second-order valence-corrected chi connectivity index (χ2v) is 5.57.